The Morgan fingerprint density at radius 3 is 2.21 bits per heavy atom. The van der Waals surface area contributed by atoms with Crippen LogP contribution in [0.25, 0.3) is 0 Å². The number of likely N-dealkylation sites (tertiary alicyclic amines) is 1. The smallest absolute Gasteiger partial charge is 0.269 e. The Morgan fingerprint density at radius 1 is 1.03 bits per heavy atom. The molecule has 0 aromatic heterocycles. The number of halogens is 3. The molecule has 154 valence electrons. The summed E-state index contributed by atoms with van der Waals surface area (Å²) in [6, 6.07) is 5.68. The van der Waals surface area contributed by atoms with Crippen molar-refractivity contribution >= 4 is 15.7 Å². The molecule has 2 aromatic rings. The molecule has 1 saturated carbocycles. The van der Waals surface area contributed by atoms with Crippen molar-refractivity contribution in [3.05, 3.63) is 69.5 Å². The molecule has 0 radical (unpaired) electrons. The van der Waals surface area contributed by atoms with E-state index in [1.807, 2.05) is 4.90 Å². The highest BCUT2D eigenvalue weighted by molar-refractivity contribution is 7.89. The van der Waals surface area contributed by atoms with Gasteiger partial charge in [0.1, 0.15) is 5.82 Å². The minimum absolute atomic E-state index is 0.0381. The Bertz CT molecular complexity index is 1070. The third-order valence-corrected chi connectivity index (χ3v) is 6.88. The lowest BCUT2D eigenvalue weighted by Gasteiger charge is -2.20. The molecule has 1 aliphatic carbocycles. The SMILES string of the molecule is O=[N+]([O-])c1ccc(S(=O)(=O)NC2C3CN(Cc4cc(F)c(F)cc4F)CC32)cc1. The molecular formula is C18H16F3N3O4S. The van der Waals surface area contributed by atoms with Crippen molar-refractivity contribution in [1.29, 1.82) is 0 Å². The maximum absolute atomic E-state index is 13.8. The maximum atomic E-state index is 13.8. The lowest BCUT2D eigenvalue weighted by Crippen LogP contribution is -2.34. The second kappa shape index (κ2) is 7.08. The van der Waals surface area contributed by atoms with Crippen LogP contribution < -0.4 is 4.72 Å². The molecule has 0 amide bonds. The number of sulfonamides is 1. The highest BCUT2D eigenvalue weighted by atomic mass is 32.2. The summed E-state index contributed by atoms with van der Waals surface area (Å²) in [6.07, 6.45) is 0. The second-order valence-corrected chi connectivity index (χ2v) is 8.99. The van der Waals surface area contributed by atoms with Crippen molar-refractivity contribution in [3.8, 4) is 0 Å². The van der Waals surface area contributed by atoms with Crippen molar-refractivity contribution in [1.82, 2.24) is 9.62 Å². The average Bonchev–Trinajstić information content (AvgIpc) is 3.09. The summed E-state index contributed by atoms with van der Waals surface area (Å²) >= 11 is 0. The first-order chi connectivity index (χ1) is 13.7. The van der Waals surface area contributed by atoms with Crippen LogP contribution in [0, 0.1) is 39.4 Å². The largest absolute Gasteiger partial charge is 0.298 e. The average molecular weight is 427 g/mol. The summed E-state index contributed by atoms with van der Waals surface area (Å²) in [7, 11) is -3.82. The van der Waals surface area contributed by atoms with Crippen LogP contribution in [-0.4, -0.2) is 37.4 Å². The quantitative estimate of drug-likeness (QED) is 0.434. The van der Waals surface area contributed by atoms with Crippen LogP contribution in [0.2, 0.25) is 0 Å². The number of piperidine rings is 1. The van der Waals surface area contributed by atoms with Crippen molar-refractivity contribution in [3.63, 3.8) is 0 Å². The first-order valence-corrected chi connectivity index (χ1v) is 10.3. The van der Waals surface area contributed by atoms with Crippen molar-refractivity contribution in [2.24, 2.45) is 11.8 Å². The van der Waals surface area contributed by atoms with E-state index in [0.717, 1.165) is 18.2 Å². The van der Waals surface area contributed by atoms with E-state index in [1.165, 1.54) is 12.1 Å². The number of nitrogens with one attached hydrogen (secondary N) is 1. The van der Waals surface area contributed by atoms with Crippen LogP contribution >= 0.6 is 0 Å². The van der Waals surface area contributed by atoms with Gasteiger partial charge in [0, 0.05) is 49.4 Å². The van der Waals surface area contributed by atoms with E-state index >= 15 is 0 Å². The van der Waals surface area contributed by atoms with E-state index in [-0.39, 0.29) is 40.6 Å². The summed E-state index contributed by atoms with van der Waals surface area (Å²) in [5, 5.41) is 10.7. The van der Waals surface area contributed by atoms with E-state index in [4.69, 9.17) is 0 Å². The predicted molar refractivity (Wildman–Crippen MR) is 95.8 cm³/mol. The molecule has 2 unspecified atom stereocenters. The van der Waals surface area contributed by atoms with Gasteiger partial charge in [0.2, 0.25) is 10.0 Å². The zero-order chi connectivity index (χ0) is 20.9. The Hall–Kier alpha value is -2.50. The van der Waals surface area contributed by atoms with Gasteiger partial charge < -0.3 is 0 Å². The number of nitro groups is 1. The third kappa shape index (κ3) is 3.85. The van der Waals surface area contributed by atoms with Crippen LogP contribution in [0.5, 0.6) is 0 Å². The summed E-state index contributed by atoms with van der Waals surface area (Å²) in [5.74, 6) is -3.09. The number of benzene rings is 2. The molecule has 4 rings (SSSR count). The molecule has 1 aliphatic heterocycles. The van der Waals surface area contributed by atoms with Crippen LogP contribution in [0.3, 0.4) is 0 Å². The molecule has 2 aliphatic rings. The van der Waals surface area contributed by atoms with E-state index in [2.05, 4.69) is 4.72 Å². The maximum Gasteiger partial charge on any atom is 0.269 e. The highest BCUT2D eigenvalue weighted by Crippen LogP contribution is 2.46. The zero-order valence-corrected chi connectivity index (χ0v) is 15.7. The van der Waals surface area contributed by atoms with Gasteiger partial charge in [-0.25, -0.2) is 26.3 Å². The molecule has 1 N–H and O–H groups in total. The fourth-order valence-electron chi connectivity index (χ4n) is 3.84. The fraction of sp³-hybridized carbons (Fsp3) is 0.333. The van der Waals surface area contributed by atoms with Crippen LogP contribution in [0.1, 0.15) is 5.56 Å². The lowest BCUT2D eigenvalue weighted by atomic mass is 10.2. The van der Waals surface area contributed by atoms with E-state index < -0.39 is 32.4 Å². The number of rotatable bonds is 6. The summed E-state index contributed by atoms with van der Waals surface area (Å²) in [4.78, 5) is 11.9. The first kappa shape index (κ1) is 19.8. The van der Waals surface area contributed by atoms with Gasteiger partial charge in [0.25, 0.3) is 5.69 Å². The monoisotopic (exact) mass is 427 g/mol. The van der Waals surface area contributed by atoms with Gasteiger partial charge in [0.05, 0.1) is 9.82 Å². The molecule has 2 fully saturated rings. The van der Waals surface area contributed by atoms with Gasteiger partial charge in [-0.15, -0.1) is 0 Å². The normalized spacial score (nSPS) is 23.8. The Kier molecular flexibility index (Phi) is 4.83. The van der Waals surface area contributed by atoms with Crippen LogP contribution in [0.15, 0.2) is 41.3 Å². The first-order valence-electron chi connectivity index (χ1n) is 8.78. The van der Waals surface area contributed by atoms with E-state index in [0.29, 0.717) is 19.2 Å². The van der Waals surface area contributed by atoms with E-state index in [1.54, 1.807) is 0 Å². The molecule has 2 atom stereocenters. The van der Waals surface area contributed by atoms with Gasteiger partial charge in [-0.2, -0.15) is 0 Å². The number of non-ortho nitro benzene ring substituents is 1. The lowest BCUT2D eigenvalue weighted by molar-refractivity contribution is -0.384. The standard InChI is InChI=1S/C18H16F3N3O4S/c19-15-6-17(21)16(20)5-10(15)7-23-8-13-14(9-23)18(13)22-29(27,28)12-3-1-11(2-4-12)24(25)26/h1-6,13-14,18,22H,7-9H2. The molecule has 11 heteroatoms. The van der Waals surface area contributed by atoms with Gasteiger partial charge >= 0.3 is 0 Å². The molecule has 7 nitrogen and oxygen atoms in total. The van der Waals surface area contributed by atoms with Crippen molar-refractivity contribution < 1.29 is 26.5 Å². The Balaban J connectivity index is 1.36. The zero-order valence-electron chi connectivity index (χ0n) is 14.9. The molecule has 1 heterocycles. The fourth-order valence-corrected chi connectivity index (χ4v) is 5.18. The van der Waals surface area contributed by atoms with Gasteiger partial charge in [-0.05, 0) is 30.0 Å². The Labute approximate surface area is 164 Å². The minimum atomic E-state index is -3.82. The summed E-state index contributed by atoms with van der Waals surface area (Å²) in [6.45, 7) is 1.10. The van der Waals surface area contributed by atoms with Gasteiger partial charge in [0.15, 0.2) is 11.6 Å². The number of fused-ring (bicyclic) bond motifs is 1. The molecular weight excluding hydrogens is 411 g/mol. The van der Waals surface area contributed by atoms with E-state index in [9.17, 15) is 31.7 Å². The molecule has 29 heavy (non-hydrogen) atoms. The summed E-state index contributed by atoms with van der Waals surface area (Å²) < 4.78 is 67.7. The van der Waals surface area contributed by atoms with Gasteiger partial charge in [-0.1, -0.05) is 0 Å². The number of hydrogen-bond donors (Lipinski definition) is 1. The van der Waals surface area contributed by atoms with Crippen LogP contribution in [-0.2, 0) is 16.6 Å². The number of nitrogens with zero attached hydrogens (tertiary/aromatic N) is 2. The summed E-state index contributed by atoms with van der Waals surface area (Å²) in [5.41, 5.74) is -0.152. The Morgan fingerprint density at radius 2 is 1.62 bits per heavy atom. The van der Waals surface area contributed by atoms with Gasteiger partial charge in [-0.3, -0.25) is 15.0 Å². The number of hydrogen-bond acceptors (Lipinski definition) is 5. The minimum Gasteiger partial charge on any atom is -0.298 e. The van der Waals surface area contributed by atoms with Crippen LogP contribution in [0.4, 0.5) is 18.9 Å². The second-order valence-electron chi connectivity index (χ2n) is 7.28. The van der Waals surface area contributed by atoms with Crippen molar-refractivity contribution in [2.75, 3.05) is 13.1 Å². The molecule has 2 aromatic carbocycles. The molecule has 0 spiro atoms. The highest BCUT2D eigenvalue weighted by Gasteiger charge is 2.57. The number of nitro benzene ring substituents is 1. The topological polar surface area (TPSA) is 92.5 Å². The molecule has 1 saturated heterocycles. The molecule has 0 bridgehead atoms. The predicted octanol–water partition coefficient (Wildman–Crippen LogP) is 2.42. The van der Waals surface area contributed by atoms with Crippen molar-refractivity contribution in [2.45, 2.75) is 17.5 Å². The third-order valence-electron chi connectivity index (χ3n) is 5.40.